The Morgan fingerprint density at radius 2 is 1.85 bits per heavy atom. The van der Waals surface area contributed by atoms with Gasteiger partial charge in [-0.2, -0.15) is 0 Å². The molecule has 170 valence electrons. The van der Waals surface area contributed by atoms with E-state index in [0.717, 1.165) is 11.4 Å². The molecule has 0 fully saturated rings. The fourth-order valence-corrected chi connectivity index (χ4v) is 3.72. The molecule has 0 radical (unpaired) electrons. The quantitative estimate of drug-likeness (QED) is 0.415. The number of nitrogens with zero attached hydrogens (tertiary/aromatic N) is 1. The number of carbonyl (C=O) groups excluding carboxylic acids is 2. The number of hydrogen-bond acceptors (Lipinski definition) is 6. The van der Waals surface area contributed by atoms with Gasteiger partial charge in [-0.1, -0.05) is 29.8 Å². The van der Waals surface area contributed by atoms with Gasteiger partial charge in [-0.15, -0.1) is 0 Å². The van der Waals surface area contributed by atoms with Crippen LogP contribution in [0.5, 0.6) is 17.2 Å². The Morgan fingerprint density at radius 3 is 2.61 bits per heavy atom. The van der Waals surface area contributed by atoms with Crippen molar-refractivity contribution in [2.45, 2.75) is 13.0 Å². The highest BCUT2D eigenvalue weighted by atomic mass is 35.5. The van der Waals surface area contributed by atoms with E-state index in [1.807, 2.05) is 31.3 Å². The normalized spacial score (nSPS) is 14.6. The summed E-state index contributed by atoms with van der Waals surface area (Å²) in [4.78, 5) is 26.0. The van der Waals surface area contributed by atoms with Crippen LogP contribution in [0.4, 0.5) is 11.4 Å². The van der Waals surface area contributed by atoms with Gasteiger partial charge in [0.2, 0.25) is 0 Å². The van der Waals surface area contributed by atoms with Crippen LogP contribution >= 0.6 is 11.6 Å². The van der Waals surface area contributed by atoms with Gasteiger partial charge in [0.05, 0.1) is 17.9 Å². The monoisotopic (exact) mass is 466 g/mol. The van der Waals surface area contributed by atoms with E-state index in [1.54, 1.807) is 42.5 Å². The minimum absolute atomic E-state index is 0.112. The zero-order chi connectivity index (χ0) is 23.4. The lowest BCUT2D eigenvalue weighted by Crippen LogP contribution is -2.41. The molecule has 1 atom stereocenters. The fourth-order valence-electron chi connectivity index (χ4n) is 3.51. The maximum atomic E-state index is 12.6. The number of para-hydroxylation sites is 2. The van der Waals surface area contributed by atoms with Crippen LogP contribution in [0.2, 0.25) is 5.02 Å². The Morgan fingerprint density at radius 1 is 1.09 bits per heavy atom. The van der Waals surface area contributed by atoms with Gasteiger partial charge in [0.25, 0.3) is 5.91 Å². The van der Waals surface area contributed by atoms with Gasteiger partial charge in [-0.3, -0.25) is 9.59 Å². The Hall–Kier alpha value is -3.71. The van der Waals surface area contributed by atoms with E-state index in [4.69, 9.17) is 25.8 Å². The molecule has 3 aromatic rings. The average Bonchev–Trinajstić information content (AvgIpc) is 2.80. The van der Waals surface area contributed by atoms with E-state index in [1.165, 1.54) is 6.92 Å². The van der Waals surface area contributed by atoms with E-state index >= 15 is 0 Å². The van der Waals surface area contributed by atoms with Crippen molar-refractivity contribution in [3.63, 3.8) is 0 Å². The van der Waals surface area contributed by atoms with Crippen LogP contribution in [-0.4, -0.2) is 38.2 Å². The third-order valence-electron chi connectivity index (χ3n) is 5.07. The smallest absolute Gasteiger partial charge is 0.308 e. The molecular formula is C25H23ClN2O5. The number of fused-ring (bicyclic) bond motifs is 1. The van der Waals surface area contributed by atoms with Gasteiger partial charge >= 0.3 is 5.97 Å². The number of nitrogens with one attached hydrogen (secondary N) is 1. The number of anilines is 2. The summed E-state index contributed by atoms with van der Waals surface area (Å²) in [6.07, 6.45) is -0.112. The Labute approximate surface area is 196 Å². The molecule has 0 unspecified atom stereocenters. The molecule has 1 N–H and O–H groups in total. The summed E-state index contributed by atoms with van der Waals surface area (Å²) >= 11 is 6.24. The first kappa shape index (κ1) is 22.5. The van der Waals surface area contributed by atoms with Gasteiger partial charge in [0, 0.05) is 19.5 Å². The zero-order valence-corrected chi connectivity index (χ0v) is 19.0. The minimum Gasteiger partial charge on any atom is -0.490 e. The maximum Gasteiger partial charge on any atom is 0.308 e. The Bertz CT molecular complexity index is 1170. The summed E-state index contributed by atoms with van der Waals surface area (Å²) < 4.78 is 16.9. The molecule has 1 aliphatic rings. The van der Waals surface area contributed by atoms with Crippen molar-refractivity contribution in [3.05, 3.63) is 77.3 Å². The second-order valence-corrected chi connectivity index (χ2v) is 7.97. The summed E-state index contributed by atoms with van der Waals surface area (Å²) in [6, 6.07) is 19.5. The van der Waals surface area contributed by atoms with Crippen molar-refractivity contribution in [1.29, 1.82) is 0 Å². The molecule has 0 saturated carbocycles. The molecule has 4 rings (SSSR count). The number of benzene rings is 3. The number of esters is 1. The second-order valence-electron chi connectivity index (χ2n) is 7.59. The summed E-state index contributed by atoms with van der Waals surface area (Å²) in [7, 11) is 2.02. The zero-order valence-electron chi connectivity index (χ0n) is 18.2. The first-order valence-corrected chi connectivity index (χ1v) is 10.8. The van der Waals surface area contributed by atoms with Crippen LogP contribution in [0.3, 0.4) is 0 Å². The van der Waals surface area contributed by atoms with Gasteiger partial charge in [-0.05, 0) is 48.5 Å². The van der Waals surface area contributed by atoms with Crippen LogP contribution in [0, 0.1) is 0 Å². The van der Waals surface area contributed by atoms with Crippen LogP contribution < -0.4 is 24.4 Å². The highest BCUT2D eigenvalue weighted by molar-refractivity contribution is 6.35. The molecule has 3 aromatic carbocycles. The highest BCUT2D eigenvalue weighted by Crippen LogP contribution is 2.33. The molecule has 0 saturated heterocycles. The number of likely N-dealkylation sites (N-methyl/N-ethyl adjacent to an activating group) is 1. The number of carbonyl (C=O) groups is 2. The number of hydrogen-bond donors (Lipinski definition) is 1. The fraction of sp³-hybridized carbons (Fsp3) is 0.200. The standard InChI is InChI=1S/C25H23ClN2O5/c1-16(29)32-23-9-5-6-20(24(23)26)27-25(30)17-10-12-18(13-11-17)31-15-19-14-28(2)21-7-3-4-8-22(21)33-19/h3-13,19H,14-15H2,1-2H3,(H,27,30)/t19-/m0/s1. The second kappa shape index (κ2) is 9.83. The van der Waals surface area contributed by atoms with E-state index in [-0.39, 0.29) is 22.8 Å². The van der Waals surface area contributed by atoms with Crippen molar-refractivity contribution in [2.24, 2.45) is 0 Å². The summed E-state index contributed by atoms with van der Waals surface area (Å²) in [5.74, 6) is 0.807. The largest absolute Gasteiger partial charge is 0.490 e. The molecule has 0 aromatic heterocycles. The van der Waals surface area contributed by atoms with Crippen molar-refractivity contribution in [1.82, 2.24) is 0 Å². The topological polar surface area (TPSA) is 77.1 Å². The number of rotatable bonds is 6. The first-order chi connectivity index (χ1) is 15.9. The van der Waals surface area contributed by atoms with E-state index < -0.39 is 5.97 Å². The average molecular weight is 467 g/mol. The third-order valence-corrected chi connectivity index (χ3v) is 5.46. The summed E-state index contributed by atoms with van der Waals surface area (Å²) in [5, 5.41) is 2.88. The molecule has 33 heavy (non-hydrogen) atoms. The lowest BCUT2D eigenvalue weighted by atomic mass is 10.2. The minimum atomic E-state index is -0.495. The number of amides is 1. The molecule has 0 bridgehead atoms. The van der Waals surface area contributed by atoms with Crippen molar-refractivity contribution in [3.8, 4) is 17.2 Å². The molecular weight excluding hydrogens is 444 g/mol. The number of halogens is 1. The van der Waals surface area contributed by atoms with E-state index in [0.29, 0.717) is 30.2 Å². The third kappa shape index (κ3) is 5.38. The first-order valence-electron chi connectivity index (χ1n) is 10.4. The predicted molar refractivity (Wildman–Crippen MR) is 127 cm³/mol. The van der Waals surface area contributed by atoms with E-state index in [2.05, 4.69) is 10.2 Å². The van der Waals surface area contributed by atoms with Gasteiger partial charge in [0.15, 0.2) is 5.75 Å². The predicted octanol–water partition coefficient (Wildman–Crippen LogP) is 4.79. The van der Waals surface area contributed by atoms with Crippen LogP contribution in [0.1, 0.15) is 17.3 Å². The van der Waals surface area contributed by atoms with Crippen LogP contribution in [0.15, 0.2) is 66.7 Å². The molecule has 0 aliphatic carbocycles. The van der Waals surface area contributed by atoms with Gasteiger partial charge in [0.1, 0.15) is 29.2 Å². The summed E-state index contributed by atoms with van der Waals surface area (Å²) in [5.41, 5.74) is 1.83. The van der Waals surface area contributed by atoms with Gasteiger partial charge in [-0.25, -0.2) is 0 Å². The maximum absolute atomic E-state index is 12.6. The lowest BCUT2D eigenvalue weighted by molar-refractivity contribution is -0.131. The Balaban J connectivity index is 1.35. The van der Waals surface area contributed by atoms with Crippen molar-refractivity contribution < 1.29 is 23.8 Å². The molecule has 0 spiro atoms. The molecule has 1 aliphatic heterocycles. The van der Waals surface area contributed by atoms with Crippen molar-refractivity contribution >= 4 is 34.9 Å². The molecule has 1 heterocycles. The summed E-state index contributed by atoms with van der Waals surface area (Å²) in [6.45, 7) is 2.37. The highest BCUT2D eigenvalue weighted by Gasteiger charge is 2.23. The van der Waals surface area contributed by atoms with Crippen LogP contribution in [0.25, 0.3) is 0 Å². The van der Waals surface area contributed by atoms with E-state index in [9.17, 15) is 9.59 Å². The SMILES string of the molecule is CC(=O)Oc1cccc(NC(=O)c2ccc(OC[C@@H]3CN(C)c4ccccc4O3)cc2)c1Cl. The Kier molecular flexibility index (Phi) is 6.70. The lowest BCUT2D eigenvalue weighted by Gasteiger charge is -2.33. The molecule has 7 nitrogen and oxygen atoms in total. The molecule has 8 heteroatoms. The molecule has 1 amide bonds. The van der Waals surface area contributed by atoms with Crippen LogP contribution in [-0.2, 0) is 4.79 Å². The van der Waals surface area contributed by atoms with Crippen molar-refractivity contribution in [2.75, 3.05) is 30.4 Å². The number of ether oxygens (including phenoxy) is 3. The van der Waals surface area contributed by atoms with Gasteiger partial charge < -0.3 is 24.4 Å².